The number of carbonyl (C=O) groups excluding carboxylic acids is 1. The maximum absolute atomic E-state index is 12.0. The zero-order valence-corrected chi connectivity index (χ0v) is 13.7. The van der Waals surface area contributed by atoms with Gasteiger partial charge in [-0.05, 0) is 55.8 Å². The molecule has 4 heteroatoms. The minimum absolute atomic E-state index is 0.00780. The molecule has 0 aliphatic heterocycles. The van der Waals surface area contributed by atoms with Crippen LogP contribution in [0, 0.1) is 6.92 Å². The summed E-state index contributed by atoms with van der Waals surface area (Å²) in [5.74, 6) is 0.00780. The number of rotatable bonds is 6. The molecule has 116 valence electrons. The van der Waals surface area contributed by atoms with E-state index >= 15 is 0 Å². The summed E-state index contributed by atoms with van der Waals surface area (Å²) in [5.41, 5.74) is 3.15. The summed E-state index contributed by atoms with van der Waals surface area (Å²) in [7, 11) is 0. The fraction of sp³-hybridized carbons (Fsp3) is 0.278. The number of nitrogens with zero attached hydrogens (tertiary/aromatic N) is 1. The predicted molar refractivity (Wildman–Crippen MR) is 93.8 cm³/mol. The number of carbonyl (C=O) groups is 1. The molecule has 0 aromatic heterocycles. The van der Waals surface area contributed by atoms with Gasteiger partial charge in [-0.15, -0.1) is 0 Å². The Hall–Kier alpha value is -2.00. The molecule has 0 aliphatic carbocycles. The quantitative estimate of drug-likeness (QED) is 0.850. The third kappa shape index (κ3) is 4.78. The van der Waals surface area contributed by atoms with Gasteiger partial charge in [0.2, 0.25) is 5.91 Å². The molecule has 2 rings (SSSR count). The van der Waals surface area contributed by atoms with Crippen LogP contribution in [0.1, 0.15) is 18.9 Å². The van der Waals surface area contributed by atoms with Crippen molar-refractivity contribution in [3.63, 3.8) is 0 Å². The zero-order chi connectivity index (χ0) is 15.9. The maximum Gasteiger partial charge on any atom is 0.226 e. The van der Waals surface area contributed by atoms with Crippen LogP contribution in [-0.2, 0) is 4.79 Å². The van der Waals surface area contributed by atoms with E-state index in [-0.39, 0.29) is 5.91 Å². The third-order valence-corrected chi connectivity index (χ3v) is 3.74. The number of nitrogens with one attached hydrogen (secondary N) is 1. The van der Waals surface area contributed by atoms with E-state index in [4.69, 9.17) is 11.6 Å². The van der Waals surface area contributed by atoms with Crippen molar-refractivity contribution >= 4 is 28.9 Å². The van der Waals surface area contributed by atoms with E-state index in [0.29, 0.717) is 18.0 Å². The van der Waals surface area contributed by atoms with Crippen LogP contribution < -0.4 is 10.2 Å². The van der Waals surface area contributed by atoms with Crippen LogP contribution in [0.3, 0.4) is 0 Å². The second-order valence-corrected chi connectivity index (χ2v) is 5.66. The highest BCUT2D eigenvalue weighted by molar-refractivity contribution is 6.30. The number of aryl methyl sites for hydroxylation is 1. The first-order valence-electron chi connectivity index (χ1n) is 7.45. The van der Waals surface area contributed by atoms with Gasteiger partial charge in [-0.2, -0.15) is 0 Å². The molecule has 1 N–H and O–H groups in total. The SMILES string of the molecule is CCN(CCC(=O)Nc1ccc(Cl)cc1)c1cccc(C)c1. The van der Waals surface area contributed by atoms with Crippen molar-refractivity contribution in [1.82, 2.24) is 0 Å². The van der Waals surface area contributed by atoms with Gasteiger partial charge in [0.1, 0.15) is 0 Å². The molecule has 2 aromatic carbocycles. The van der Waals surface area contributed by atoms with Gasteiger partial charge in [0.25, 0.3) is 0 Å². The van der Waals surface area contributed by atoms with Crippen molar-refractivity contribution in [2.45, 2.75) is 20.3 Å². The fourth-order valence-electron chi connectivity index (χ4n) is 2.29. The summed E-state index contributed by atoms with van der Waals surface area (Å²) in [6, 6.07) is 15.5. The first kappa shape index (κ1) is 16.4. The summed E-state index contributed by atoms with van der Waals surface area (Å²) in [6.45, 7) is 5.74. The van der Waals surface area contributed by atoms with Crippen LogP contribution >= 0.6 is 11.6 Å². The molecule has 2 aromatic rings. The van der Waals surface area contributed by atoms with E-state index in [2.05, 4.69) is 42.3 Å². The number of hydrogen-bond donors (Lipinski definition) is 1. The zero-order valence-electron chi connectivity index (χ0n) is 13.0. The Morgan fingerprint density at radius 2 is 1.91 bits per heavy atom. The molecular formula is C18H21ClN2O. The van der Waals surface area contributed by atoms with Gasteiger partial charge in [0, 0.05) is 35.9 Å². The molecule has 0 saturated heterocycles. The molecule has 3 nitrogen and oxygen atoms in total. The number of benzene rings is 2. The maximum atomic E-state index is 12.0. The Morgan fingerprint density at radius 3 is 2.55 bits per heavy atom. The van der Waals surface area contributed by atoms with Gasteiger partial charge >= 0.3 is 0 Å². The number of anilines is 2. The lowest BCUT2D eigenvalue weighted by atomic mass is 10.2. The topological polar surface area (TPSA) is 32.3 Å². The van der Waals surface area contributed by atoms with Crippen LogP contribution in [0.25, 0.3) is 0 Å². The van der Waals surface area contributed by atoms with Crippen LogP contribution in [0.4, 0.5) is 11.4 Å². The van der Waals surface area contributed by atoms with E-state index in [0.717, 1.165) is 17.9 Å². The molecule has 0 bridgehead atoms. The minimum atomic E-state index is 0.00780. The number of halogens is 1. The second kappa shape index (κ2) is 7.85. The lowest BCUT2D eigenvalue weighted by Crippen LogP contribution is -2.27. The van der Waals surface area contributed by atoms with E-state index in [1.165, 1.54) is 5.56 Å². The van der Waals surface area contributed by atoms with Crippen molar-refractivity contribution in [3.8, 4) is 0 Å². The van der Waals surface area contributed by atoms with Gasteiger partial charge in [-0.1, -0.05) is 23.7 Å². The summed E-state index contributed by atoms with van der Waals surface area (Å²) in [4.78, 5) is 14.2. The molecule has 0 heterocycles. The fourth-order valence-corrected chi connectivity index (χ4v) is 2.41. The predicted octanol–water partition coefficient (Wildman–Crippen LogP) is 4.50. The Labute approximate surface area is 136 Å². The van der Waals surface area contributed by atoms with Crippen LogP contribution in [0.15, 0.2) is 48.5 Å². The molecule has 0 radical (unpaired) electrons. The largest absolute Gasteiger partial charge is 0.371 e. The summed E-state index contributed by atoms with van der Waals surface area (Å²) < 4.78 is 0. The van der Waals surface area contributed by atoms with Gasteiger partial charge < -0.3 is 10.2 Å². The van der Waals surface area contributed by atoms with Crippen molar-refractivity contribution in [2.24, 2.45) is 0 Å². The highest BCUT2D eigenvalue weighted by Gasteiger charge is 2.08. The van der Waals surface area contributed by atoms with Crippen LogP contribution in [0.2, 0.25) is 5.02 Å². The normalized spacial score (nSPS) is 10.3. The smallest absolute Gasteiger partial charge is 0.226 e. The van der Waals surface area contributed by atoms with E-state index in [9.17, 15) is 4.79 Å². The Kier molecular flexibility index (Phi) is 5.84. The molecule has 0 aliphatic rings. The lowest BCUT2D eigenvalue weighted by Gasteiger charge is -2.23. The molecule has 0 saturated carbocycles. The van der Waals surface area contributed by atoms with Gasteiger partial charge in [0.05, 0.1) is 0 Å². The standard InChI is InChI=1S/C18H21ClN2O/c1-3-21(17-6-4-5-14(2)13-17)12-11-18(22)20-16-9-7-15(19)8-10-16/h4-10,13H,3,11-12H2,1-2H3,(H,20,22). The summed E-state index contributed by atoms with van der Waals surface area (Å²) in [5, 5.41) is 3.55. The minimum Gasteiger partial charge on any atom is -0.371 e. The molecular weight excluding hydrogens is 296 g/mol. The highest BCUT2D eigenvalue weighted by Crippen LogP contribution is 2.17. The number of hydrogen-bond acceptors (Lipinski definition) is 2. The molecule has 22 heavy (non-hydrogen) atoms. The first-order valence-corrected chi connectivity index (χ1v) is 7.83. The molecule has 0 unspecified atom stereocenters. The second-order valence-electron chi connectivity index (χ2n) is 5.22. The van der Waals surface area contributed by atoms with Crippen molar-refractivity contribution in [2.75, 3.05) is 23.3 Å². The van der Waals surface area contributed by atoms with Crippen LogP contribution in [-0.4, -0.2) is 19.0 Å². The van der Waals surface area contributed by atoms with E-state index in [1.807, 2.05) is 6.07 Å². The average Bonchev–Trinajstić information content (AvgIpc) is 2.50. The van der Waals surface area contributed by atoms with Crippen molar-refractivity contribution in [3.05, 3.63) is 59.1 Å². The van der Waals surface area contributed by atoms with Crippen molar-refractivity contribution < 1.29 is 4.79 Å². The average molecular weight is 317 g/mol. The van der Waals surface area contributed by atoms with E-state index < -0.39 is 0 Å². The molecule has 1 amide bonds. The molecule has 0 spiro atoms. The van der Waals surface area contributed by atoms with Gasteiger partial charge in [-0.25, -0.2) is 0 Å². The summed E-state index contributed by atoms with van der Waals surface area (Å²) in [6.07, 6.45) is 0.449. The van der Waals surface area contributed by atoms with Crippen molar-refractivity contribution in [1.29, 1.82) is 0 Å². The molecule has 0 atom stereocenters. The summed E-state index contributed by atoms with van der Waals surface area (Å²) >= 11 is 5.83. The number of amides is 1. The van der Waals surface area contributed by atoms with Crippen LogP contribution in [0.5, 0.6) is 0 Å². The third-order valence-electron chi connectivity index (χ3n) is 3.49. The Balaban J connectivity index is 1.90. The Bertz CT molecular complexity index is 625. The molecule has 0 fully saturated rings. The van der Waals surface area contributed by atoms with Gasteiger partial charge in [-0.3, -0.25) is 4.79 Å². The van der Waals surface area contributed by atoms with E-state index in [1.54, 1.807) is 24.3 Å². The lowest BCUT2D eigenvalue weighted by molar-refractivity contribution is -0.116. The first-order chi connectivity index (χ1) is 10.6. The highest BCUT2D eigenvalue weighted by atomic mass is 35.5. The Morgan fingerprint density at radius 1 is 1.18 bits per heavy atom. The van der Waals surface area contributed by atoms with Gasteiger partial charge in [0.15, 0.2) is 0 Å². The monoisotopic (exact) mass is 316 g/mol.